The Morgan fingerprint density at radius 2 is 2.21 bits per heavy atom. The molecule has 0 radical (unpaired) electrons. The fourth-order valence-corrected chi connectivity index (χ4v) is 4.09. The number of hydrogen-bond acceptors (Lipinski definition) is 6. The lowest BCUT2D eigenvalue weighted by Gasteiger charge is -2.21. The van der Waals surface area contributed by atoms with E-state index in [0.717, 1.165) is 17.8 Å². The average Bonchev–Trinajstić information content (AvgIpc) is 2.76. The second-order valence-electron chi connectivity index (χ2n) is 4.51. The van der Waals surface area contributed by atoms with Crippen LogP contribution in [-0.4, -0.2) is 38.3 Å². The monoisotopic (exact) mass is 304 g/mol. The number of nitrogens with zero attached hydrogens (tertiary/aromatic N) is 1. The predicted molar refractivity (Wildman–Crippen MR) is 71.6 cm³/mol. The number of thiazole rings is 1. The highest BCUT2D eigenvalue weighted by Crippen LogP contribution is 2.17. The summed E-state index contributed by atoms with van der Waals surface area (Å²) in [5, 5.41) is 0.729. The van der Waals surface area contributed by atoms with E-state index in [1.807, 2.05) is 0 Å². The van der Waals surface area contributed by atoms with E-state index in [1.165, 1.54) is 17.5 Å². The molecule has 1 aliphatic rings. The second kappa shape index (κ2) is 5.98. The van der Waals surface area contributed by atoms with Crippen LogP contribution in [-0.2, 0) is 14.8 Å². The van der Waals surface area contributed by atoms with Gasteiger partial charge in [0.2, 0.25) is 10.0 Å². The van der Waals surface area contributed by atoms with Gasteiger partial charge in [0.25, 0.3) is 5.91 Å². The van der Waals surface area contributed by atoms with Crippen molar-refractivity contribution < 1.29 is 17.9 Å². The molecule has 0 spiro atoms. The number of rotatable bonds is 4. The first-order chi connectivity index (χ1) is 8.96. The lowest BCUT2D eigenvalue weighted by molar-refractivity contribution is 0.0722. The maximum atomic E-state index is 11.9. The van der Waals surface area contributed by atoms with Crippen LogP contribution in [0.5, 0.6) is 0 Å². The van der Waals surface area contributed by atoms with E-state index in [0.29, 0.717) is 18.1 Å². The number of ether oxygens (including phenoxy) is 1. The van der Waals surface area contributed by atoms with E-state index in [9.17, 15) is 13.2 Å². The van der Waals surface area contributed by atoms with Crippen LogP contribution in [0.1, 0.15) is 27.5 Å². The van der Waals surface area contributed by atoms with Gasteiger partial charge in [-0.25, -0.2) is 18.1 Å². The SMILES string of the molecule is Cc1ncc(C(=O)NS(=O)(=O)CC2CCOCC2)s1. The number of hydrogen-bond donors (Lipinski definition) is 1. The molecule has 19 heavy (non-hydrogen) atoms. The molecular formula is C11H16N2O4S2. The Hall–Kier alpha value is -0.990. The number of aryl methyl sites for hydroxylation is 1. The van der Waals surface area contributed by atoms with Gasteiger partial charge in [0.05, 0.1) is 17.0 Å². The Balaban J connectivity index is 1.94. The fourth-order valence-electron chi connectivity index (χ4n) is 1.92. The lowest BCUT2D eigenvalue weighted by atomic mass is 10.0. The molecular weight excluding hydrogens is 288 g/mol. The van der Waals surface area contributed by atoms with Crippen LogP contribution in [0.4, 0.5) is 0 Å². The minimum absolute atomic E-state index is 0.0279. The summed E-state index contributed by atoms with van der Waals surface area (Å²) in [5.41, 5.74) is 0. The molecule has 0 atom stereocenters. The van der Waals surface area contributed by atoms with E-state index in [1.54, 1.807) is 6.92 Å². The zero-order valence-corrected chi connectivity index (χ0v) is 12.2. The van der Waals surface area contributed by atoms with Gasteiger partial charge in [-0.2, -0.15) is 0 Å². The van der Waals surface area contributed by atoms with E-state index < -0.39 is 15.9 Å². The summed E-state index contributed by atoms with van der Waals surface area (Å²) in [6.45, 7) is 2.93. The standard InChI is InChI=1S/C11H16N2O4S2/c1-8-12-6-10(18-8)11(14)13-19(15,16)7-9-2-4-17-5-3-9/h6,9H,2-5,7H2,1H3,(H,13,14). The van der Waals surface area contributed by atoms with Crippen molar-refractivity contribution in [2.24, 2.45) is 5.92 Å². The molecule has 1 aromatic rings. The average molecular weight is 304 g/mol. The largest absolute Gasteiger partial charge is 0.381 e. The van der Waals surface area contributed by atoms with Crippen molar-refractivity contribution in [3.8, 4) is 0 Å². The van der Waals surface area contributed by atoms with Crippen LogP contribution in [0.25, 0.3) is 0 Å². The van der Waals surface area contributed by atoms with Crippen LogP contribution in [0.2, 0.25) is 0 Å². The zero-order chi connectivity index (χ0) is 13.9. The normalized spacial score (nSPS) is 17.3. The number of carbonyl (C=O) groups excluding carboxylic acids is 1. The first kappa shape index (κ1) is 14.4. The summed E-state index contributed by atoms with van der Waals surface area (Å²) in [4.78, 5) is 16.0. The minimum atomic E-state index is -3.60. The zero-order valence-electron chi connectivity index (χ0n) is 10.6. The number of sulfonamides is 1. The van der Waals surface area contributed by atoms with Gasteiger partial charge in [-0.1, -0.05) is 0 Å². The molecule has 0 saturated carbocycles. The molecule has 106 valence electrons. The number of carbonyl (C=O) groups is 1. The summed E-state index contributed by atoms with van der Waals surface area (Å²) < 4.78 is 31.1. The maximum Gasteiger partial charge on any atom is 0.276 e. The fraction of sp³-hybridized carbons (Fsp3) is 0.636. The third-order valence-corrected chi connectivity index (χ3v) is 5.21. The maximum absolute atomic E-state index is 11.9. The topological polar surface area (TPSA) is 85.4 Å². The molecule has 1 saturated heterocycles. The van der Waals surface area contributed by atoms with Gasteiger partial charge in [-0.15, -0.1) is 11.3 Å². The van der Waals surface area contributed by atoms with Gasteiger partial charge in [0.15, 0.2) is 0 Å². The Kier molecular flexibility index (Phi) is 4.54. The molecule has 2 rings (SSSR count). The number of aromatic nitrogens is 1. The summed E-state index contributed by atoms with van der Waals surface area (Å²) >= 11 is 1.18. The van der Waals surface area contributed by atoms with Gasteiger partial charge in [0.1, 0.15) is 4.88 Å². The summed E-state index contributed by atoms with van der Waals surface area (Å²) in [7, 11) is -3.60. The van der Waals surface area contributed by atoms with E-state index in [2.05, 4.69) is 9.71 Å². The van der Waals surface area contributed by atoms with Crippen molar-refractivity contribution in [3.05, 3.63) is 16.1 Å². The molecule has 0 unspecified atom stereocenters. The molecule has 1 N–H and O–H groups in total. The predicted octanol–water partition coefficient (Wildman–Crippen LogP) is 0.938. The molecule has 1 fully saturated rings. The van der Waals surface area contributed by atoms with Crippen LogP contribution in [0, 0.1) is 12.8 Å². The van der Waals surface area contributed by atoms with Gasteiger partial charge in [-0.05, 0) is 25.7 Å². The smallest absolute Gasteiger partial charge is 0.276 e. The summed E-state index contributed by atoms with van der Waals surface area (Å²) in [6.07, 6.45) is 2.82. The van der Waals surface area contributed by atoms with Crippen molar-refractivity contribution in [1.82, 2.24) is 9.71 Å². The lowest BCUT2D eigenvalue weighted by Crippen LogP contribution is -2.35. The van der Waals surface area contributed by atoms with Crippen LogP contribution >= 0.6 is 11.3 Å². The van der Waals surface area contributed by atoms with Gasteiger partial charge in [0, 0.05) is 13.2 Å². The Morgan fingerprint density at radius 3 is 2.79 bits per heavy atom. The minimum Gasteiger partial charge on any atom is -0.381 e. The van der Waals surface area contributed by atoms with Gasteiger partial charge in [-0.3, -0.25) is 4.79 Å². The Morgan fingerprint density at radius 1 is 1.53 bits per heavy atom. The van der Waals surface area contributed by atoms with E-state index in [4.69, 9.17) is 4.74 Å². The van der Waals surface area contributed by atoms with Gasteiger partial charge < -0.3 is 4.74 Å². The highest BCUT2D eigenvalue weighted by atomic mass is 32.2. The Bertz CT molecular complexity index is 547. The Labute approximate surface area is 116 Å². The van der Waals surface area contributed by atoms with Crippen molar-refractivity contribution in [1.29, 1.82) is 0 Å². The first-order valence-corrected chi connectivity index (χ1v) is 8.48. The molecule has 2 heterocycles. The van der Waals surface area contributed by atoms with Crippen LogP contribution in [0.15, 0.2) is 6.20 Å². The molecule has 0 aromatic carbocycles. The number of nitrogens with one attached hydrogen (secondary N) is 1. The molecule has 0 aliphatic carbocycles. The first-order valence-electron chi connectivity index (χ1n) is 6.01. The molecule has 8 heteroatoms. The van der Waals surface area contributed by atoms with Crippen molar-refractivity contribution in [2.45, 2.75) is 19.8 Å². The summed E-state index contributed by atoms with van der Waals surface area (Å²) in [5.74, 6) is -0.570. The van der Waals surface area contributed by atoms with Crippen molar-refractivity contribution >= 4 is 27.3 Å². The number of amides is 1. The van der Waals surface area contributed by atoms with E-state index >= 15 is 0 Å². The van der Waals surface area contributed by atoms with Crippen molar-refractivity contribution in [3.63, 3.8) is 0 Å². The molecule has 1 aliphatic heterocycles. The molecule has 6 nitrogen and oxygen atoms in total. The van der Waals surface area contributed by atoms with Crippen LogP contribution < -0.4 is 4.72 Å². The third-order valence-electron chi connectivity index (χ3n) is 2.89. The van der Waals surface area contributed by atoms with E-state index in [-0.39, 0.29) is 11.7 Å². The van der Waals surface area contributed by atoms with Crippen molar-refractivity contribution in [2.75, 3.05) is 19.0 Å². The highest BCUT2D eigenvalue weighted by Gasteiger charge is 2.24. The highest BCUT2D eigenvalue weighted by molar-refractivity contribution is 7.90. The summed E-state index contributed by atoms with van der Waals surface area (Å²) in [6, 6.07) is 0. The second-order valence-corrected chi connectivity index (χ2v) is 7.51. The molecule has 1 amide bonds. The molecule has 0 bridgehead atoms. The molecule has 1 aromatic heterocycles. The van der Waals surface area contributed by atoms with Gasteiger partial charge >= 0.3 is 0 Å². The van der Waals surface area contributed by atoms with Crippen LogP contribution in [0.3, 0.4) is 0 Å². The quantitative estimate of drug-likeness (QED) is 0.894. The third kappa shape index (κ3) is 4.26.